The Labute approximate surface area is 102 Å². The highest BCUT2D eigenvalue weighted by Crippen LogP contribution is 2.59. The van der Waals surface area contributed by atoms with Crippen molar-refractivity contribution in [3.05, 3.63) is 24.3 Å². The quantitative estimate of drug-likeness (QED) is 0.567. The fourth-order valence-corrected chi connectivity index (χ4v) is 5.48. The largest absolute Gasteiger partial charge is 0.190 e. The first-order chi connectivity index (χ1) is 8.43. The van der Waals surface area contributed by atoms with Crippen molar-refractivity contribution in [3.63, 3.8) is 0 Å². The molecule has 0 aromatic rings. The van der Waals surface area contributed by atoms with E-state index in [9.17, 15) is 0 Å². The van der Waals surface area contributed by atoms with E-state index in [0.29, 0.717) is 12.1 Å². The molecule has 0 radical (unpaired) electrons. The Hall–Kier alpha value is -0.920. The Morgan fingerprint density at radius 3 is 2.29 bits per heavy atom. The molecule has 2 aliphatic heterocycles. The molecule has 0 saturated heterocycles. The Kier molecular flexibility index (Phi) is 1.55. The Morgan fingerprint density at radius 2 is 1.53 bits per heavy atom. The fourth-order valence-electron chi connectivity index (χ4n) is 5.48. The van der Waals surface area contributed by atoms with Crippen molar-refractivity contribution in [3.8, 4) is 0 Å². The second-order valence-electron chi connectivity index (χ2n) is 6.56. The van der Waals surface area contributed by atoms with E-state index in [1.54, 1.807) is 0 Å². The Morgan fingerprint density at radius 1 is 0.824 bits per heavy atom. The monoisotopic (exact) mass is 226 g/mol. The van der Waals surface area contributed by atoms with Crippen LogP contribution in [0, 0.1) is 35.5 Å². The molecule has 7 aliphatic rings. The highest BCUT2D eigenvalue weighted by Gasteiger charge is 2.59. The van der Waals surface area contributed by atoms with Crippen LogP contribution >= 0.6 is 0 Å². The summed E-state index contributed by atoms with van der Waals surface area (Å²) in [4.78, 5) is 0. The average Bonchev–Trinajstić information content (AvgIpc) is 2.91. The van der Waals surface area contributed by atoms with E-state index >= 15 is 0 Å². The molecule has 2 fully saturated rings. The van der Waals surface area contributed by atoms with Crippen molar-refractivity contribution >= 4 is 0 Å². The molecular formula is C15H18N2. The zero-order valence-electron chi connectivity index (χ0n) is 9.94. The van der Waals surface area contributed by atoms with Gasteiger partial charge in [0.1, 0.15) is 0 Å². The maximum absolute atomic E-state index is 4.69. The summed E-state index contributed by atoms with van der Waals surface area (Å²) in [6.07, 6.45) is 13.9. The zero-order valence-corrected chi connectivity index (χ0v) is 9.94. The van der Waals surface area contributed by atoms with Gasteiger partial charge in [0.05, 0.1) is 12.1 Å². The second-order valence-corrected chi connectivity index (χ2v) is 6.56. The van der Waals surface area contributed by atoms with Gasteiger partial charge in [-0.2, -0.15) is 10.2 Å². The smallest absolute Gasteiger partial charge is 0.0811 e. The topological polar surface area (TPSA) is 24.7 Å². The first kappa shape index (κ1) is 9.07. The number of hydrogen-bond acceptors (Lipinski definition) is 2. The van der Waals surface area contributed by atoms with Crippen molar-refractivity contribution in [2.75, 3.05) is 0 Å². The normalized spacial score (nSPS) is 60.7. The van der Waals surface area contributed by atoms with E-state index in [1.165, 1.54) is 19.3 Å². The van der Waals surface area contributed by atoms with E-state index in [4.69, 9.17) is 5.11 Å². The zero-order chi connectivity index (χ0) is 11.0. The van der Waals surface area contributed by atoms with Gasteiger partial charge in [0, 0.05) is 5.92 Å². The lowest BCUT2D eigenvalue weighted by atomic mass is 9.50. The van der Waals surface area contributed by atoms with Crippen molar-refractivity contribution in [2.24, 2.45) is 45.7 Å². The molecule has 2 heterocycles. The van der Waals surface area contributed by atoms with Gasteiger partial charge < -0.3 is 0 Å². The molecule has 8 atom stereocenters. The number of nitrogens with zero attached hydrogens (tertiary/aromatic N) is 2. The summed E-state index contributed by atoms with van der Waals surface area (Å²) >= 11 is 0. The van der Waals surface area contributed by atoms with E-state index in [-0.39, 0.29) is 0 Å². The second kappa shape index (κ2) is 2.90. The first-order valence-electron chi connectivity index (χ1n) is 7.18. The van der Waals surface area contributed by atoms with Gasteiger partial charge in [-0.1, -0.05) is 24.3 Å². The molecule has 2 saturated carbocycles. The molecule has 0 aromatic heterocycles. The summed E-state index contributed by atoms with van der Waals surface area (Å²) in [5.41, 5.74) is 0. The molecule has 2 nitrogen and oxygen atoms in total. The van der Waals surface area contributed by atoms with Gasteiger partial charge in [0.2, 0.25) is 0 Å². The molecule has 2 heteroatoms. The van der Waals surface area contributed by atoms with Crippen LogP contribution in [0.2, 0.25) is 0 Å². The molecule has 0 spiro atoms. The summed E-state index contributed by atoms with van der Waals surface area (Å²) in [6, 6.07) is 1.06. The predicted octanol–water partition coefficient (Wildman–Crippen LogP) is 3.22. The van der Waals surface area contributed by atoms with Crippen LogP contribution in [-0.2, 0) is 0 Å². The van der Waals surface area contributed by atoms with Gasteiger partial charge in [-0.05, 0) is 48.9 Å². The molecule has 0 N–H and O–H groups in total. The minimum absolute atomic E-state index is 0.520. The number of rotatable bonds is 0. The summed E-state index contributed by atoms with van der Waals surface area (Å²) in [7, 11) is 0. The summed E-state index contributed by atoms with van der Waals surface area (Å²) in [5, 5.41) is 9.38. The van der Waals surface area contributed by atoms with Gasteiger partial charge in [-0.15, -0.1) is 0 Å². The van der Waals surface area contributed by atoms with Crippen molar-refractivity contribution in [1.29, 1.82) is 0 Å². The van der Waals surface area contributed by atoms with Crippen LogP contribution in [0.3, 0.4) is 0 Å². The molecule has 17 heavy (non-hydrogen) atoms. The average molecular weight is 226 g/mol. The number of fused-ring (bicyclic) bond motifs is 1. The van der Waals surface area contributed by atoms with Gasteiger partial charge in [-0.3, -0.25) is 0 Å². The molecule has 88 valence electrons. The van der Waals surface area contributed by atoms with Crippen molar-refractivity contribution in [1.82, 2.24) is 0 Å². The number of azo groups is 1. The van der Waals surface area contributed by atoms with Crippen LogP contribution in [0.15, 0.2) is 34.5 Å². The van der Waals surface area contributed by atoms with Gasteiger partial charge in [0.15, 0.2) is 0 Å². The van der Waals surface area contributed by atoms with Crippen LogP contribution in [0.25, 0.3) is 0 Å². The number of hydrogen-bond donors (Lipinski definition) is 0. The molecular weight excluding hydrogens is 208 g/mol. The van der Waals surface area contributed by atoms with Gasteiger partial charge in [0.25, 0.3) is 0 Å². The fraction of sp³-hybridized carbons (Fsp3) is 0.733. The summed E-state index contributed by atoms with van der Waals surface area (Å²) in [6.45, 7) is 0. The van der Waals surface area contributed by atoms with E-state index in [2.05, 4.69) is 29.4 Å². The minimum Gasteiger partial charge on any atom is -0.190 e. The third-order valence-electron chi connectivity index (χ3n) is 6.09. The third kappa shape index (κ3) is 0.951. The van der Waals surface area contributed by atoms with Crippen LogP contribution in [0.1, 0.15) is 19.3 Å². The van der Waals surface area contributed by atoms with Crippen LogP contribution in [-0.4, -0.2) is 12.1 Å². The molecule has 4 bridgehead atoms. The van der Waals surface area contributed by atoms with Gasteiger partial charge in [-0.25, -0.2) is 0 Å². The number of allylic oxidation sites excluding steroid dienone is 3. The summed E-state index contributed by atoms with van der Waals surface area (Å²) in [5.74, 6) is 4.82. The standard InChI is InChI=1S/C15H18N2/c1-2-10-11(3-1)15-13-9-6-4-8(5-7-9)12(13)14(10)16-17-15/h1-2,4,6,8-15H,3,5,7H2/t8-,9-,10+,11-,12-,13+,14+,15+/m0/s1. The Bertz CT molecular complexity index is 450. The van der Waals surface area contributed by atoms with Crippen LogP contribution < -0.4 is 0 Å². The first-order valence-corrected chi connectivity index (χ1v) is 7.18. The lowest BCUT2D eigenvalue weighted by Gasteiger charge is -2.57. The SMILES string of the molecule is C1=C[C@@H]2[C@H](C1)[C@H]1N=N[C@H]2[C@@H]2[C@H]1[C@H]1C=C[C@H]2CC1. The Balaban J connectivity index is 1.66. The van der Waals surface area contributed by atoms with E-state index < -0.39 is 0 Å². The van der Waals surface area contributed by atoms with Crippen LogP contribution in [0.4, 0.5) is 0 Å². The van der Waals surface area contributed by atoms with E-state index in [1.807, 2.05) is 0 Å². The predicted molar refractivity (Wildman–Crippen MR) is 65.5 cm³/mol. The third-order valence-corrected chi connectivity index (χ3v) is 6.09. The van der Waals surface area contributed by atoms with Crippen LogP contribution in [0.5, 0.6) is 0 Å². The lowest BCUT2D eigenvalue weighted by molar-refractivity contribution is -0.0271. The minimum atomic E-state index is 0.520. The van der Waals surface area contributed by atoms with Crippen molar-refractivity contribution < 1.29 is 0 Å². The maximum atomic E-state index is 4.69. The van der Waals surface area contributed by atoms with Crippen molar-refractivity contribution in [2.45, 2.75) is 31.3 Å². The highest BCUT2D eigenvalue weighted by molar-refractivity contribution is 5.24. The highest BCUT2D eigenvalue weighted by atomic mass is 15.2. The molecule has 0 amide bonds. The molecule has 0 unspecified atom stereocenters. The van der Waals surface area contributed by atoms with E-state index in [0.717, 1.165) is 35.5 Å². The van der Waals surface area contributed by atoms with Gasteiger partial charge >= 0.3 is 0 Å². The molecule has 0 aromatic carbocycles. The molecule has 5 aliphatic carbocycles. The lowest BCUT2D eigenvalue weighted by Crippen LogP contribution is -2.59. The maximum Gasteiger partial charge on any atom is 0.0811 e. The molecule has 7 rings (SSSR count). The summed E-state index contributed by atoms with van der Waals surface area (Å²) < 4.78 is 0.